The smallest absolute Gasteiger partial charge is 0.312 e. The highest BCUT2D eigenvalue weighted by molar-refractivity contribution is 5.45. The van der Waals surface area contributed by atoms with Crippen molar-refractivity contribution in [2.24, 2.45) is 0 Å². The van der Waals surface area contributed by atoms with Gasteiger partial charge < -0.3 is 4.90 Å². The number of nitrogens with zero attached hydrogens (tertiary/aromatic N) is 4. The van der Waals surface area contributed by atoms with Crippen LogP contribution in [-0.4, -0.2) is 46.8 Å². The van der Waals surface area contributed by atoms with Crippen LogP contribution < -0.4 is 0 Å². The van der Waals surface area contributed by atoms with Crippen LogP contribution in [0.4, 0.5) is 13.2 Å². The lowest BCUT2D eigenvalue weighted by Crippen LogP contribution is -2.21. The largest absolute Gasteiger partial charge is 0.393 e. The number of hydrogen-bond acceptors (Lipinski definition) is 3. The van der Waals surface area contributed by atoms with Gasteiger partial charge in [-0.15, -0.1) is 0 Å². The van der Waals surface area contributed by atoms with E-state index in [2.05, 4.69) is 30.9 Å². The fraction of sp³-hybridized carbons (Fsp3) is 0.478. The Hall–Kier alpha value is -2.41. The lowest BCUT2D eigenvalue weighted by atomic mass is 9.87. The maximum Gasteiger partial charge on any atom is 0.393 e. The molecule has 0 radical (unpaired) electrons. The molecule has 0 aliphatic heterocycles. The van der Waals surface area contributed by atoms with Crippen molar-refractivity contribution >= 4 is 5.65 Å². The Morgan fingerprint density at radius 2 is 1.50 bits per heavy atom. The monoisotopic (exact) mass is 420 g/mol. The van der Waals surface area contributed by atoms with Crippen molar-refractivity contribution in [2.45, 2.75) is 52.1 Å². The Balaban J connectivity index is 0.000000735. The van der Waals surface area contributed by atoms with Gasteiger partial charge in [0.25, 0.3) is 0 Å². The topological polar surface area (TPSA) is 33.4 Å². The van der Waals surface area contributed by atoms with Gasteiger partial charge in [0.05, 0.1) is 17.8 Å². The van der Waals surface area contributed by atoms with E-state index >= 15 is 0 Å². The van der Waals surface area contributed by atoms with Gasteiger partial charge >= 0.3 is 6.18 Å². The first-order valence-corrected chi connectivity index (χ1v) is 9.86. The van der Waals surface area contributed by atoms with Gasteiger partial charge in [0, 0.05) is 24.1 Å². The number of hydrogen-bond donors (Lipinski definition) is 0. The Bertz CT molecular complexity index is 962. The predicted octanol–water partition coefficient (Wildman–Crippen LogP) is 5.21. The van der Waals surface area contributed by atoms with Crippen LogP contribution in [0.1, 0.15) is 48.8 Å². The maximum absolute atomic E-state index is 12.5. The van der Waals surface area contributed by atoms with Gasteiger partial charge in [0.15, 0.2) is 5.65 Å². The minimum Gasteiger partial charge on any atom is -0.312 e. The van der Waals surface area contributed by atoms with Crippen molar-refractivity contribution in [3.63, 3.8) is 0 Å². The van der Waals surface area contributed by atoms with Gasteiger partial charge in [-0.3, -0.25) is 0 Å². The van der Waals surface area contributed by atoms with Crippen LogP contribution in [0.3, 0.4) is 0 Å². The molecular formula is C23H31F3N4. The van der Waals surface area contributed by atoms with Gasteiger partial charge in [-0.1, -0.05) is 45.0 Å². The van der Waals surface area contributed by atoms with Gasteiger partial charge in [-0.2, -0.15) is 18.3 Å². The molecule has 2 aromatic heterocycles. The van der Waals surface area contributed by atoms with E-state index in [4.69, 9.17) is 0 Å². The summed E-state index contributed by atoms with van der Waals surface area (Å²) in [6.45, 7) is 8.29. The fourth-order valence-corrected chi connectivity index (χ4v) is 3.24. The Kier molecular flexibility index (Phi) is 7.29. The van der Waals surface area contributed by atoms with E-state index in [1.807, 2.05) is 49.7 Å². The molecule has 0 spiro atoms. The molecule has 0 atom stereocenters. The molecule has 0 N–H and O–H groups in total. The average molecular weight is 421 g/mol. The molecule has 164 valence electrons. The summed E-state index contributed by atoms with van der Waals surface area (Å²) in [5, 5.41) is 4.57. The van der Waals surface area contributed by atoms with Crippen LogP contribution in [0.5, 0.6) is 0 Å². The maximum atomic E-state index is 12.5. The van der Waals surface area contributed by atoms with E-state index < -0.39 is 12.6 Å². The van der Waals surface area contributed by atoms with E-state index in [1.54, 1.807) is 24.3 Å². The minimum absolute atomic E-state index is 0.148. The molecule has 30 heavy (non-hydrogen) atoms. The lowest BCUT2D eigenvalue weighted by Gasteiger charge is -2.23. The fourth-order valence-electron chi connectivity index (χ4n) is 3.24. The third-order valence-electron chi connectivity index (χ3n) is 4.21. The van der Waals surface area contributed by atoms with Crippen LogP contribution in [0.2, 0.25) is 0 Å². The number of fused-ring (bicyclic) bond motifs is 1. The molecule has 2 heterocycles. The number of halogens is 3. The van der Waals surface area contributed by atoms with Crippen molar-refractivity contribution in [3.8, 4) is 0 Å². The van der Waals surface area contributed by atoms with Crippen molar-refractivity contribution < 1.29 is 13.2 Å². The summed E-state index contributed by atoms with van der Waals surface area (Å²) in [5.41, 5.74) is 4.87. The third-order valence-corrected chi connectivity index (χ3v) is 4.21. The van der Waals surface area contributed by atoms with Crippen LogP contribution in [-0.2, 0) is 18.3 Å². The molecular weight excluding hydrogens is 389 g/mol. The summed E-state index contributed by atoms with van der Waals surface area (Å²) < 4.78 is 39.4. The van der Waals surface area contributed by atoms with Crippen molar-refractivity contribution in [1.29, 1.82) is 0 Å². The highest BCUT2D eigenvalue weighted by Crippen LogP contribution is 2.28. The molecule has 3 aromatic rings. The zero-order valence-electron chi connectivity index (χ0n) is 18.8. The van der Waals surface area contributed by atoms with Crippen LogP contribution >= 0.6 is 0 Å². The molecule has 0 amide bonds. The van der Waals surface area contributed by atoms with E-state index in [0.29, 0.717) is 6.42 Å². The first kappa shape index (κ1) is 23.9. The summed E-state index contributed by atoms with van der Waals surface area (Å²) in [4.78, 5) is 6.49. The zero-order chi connectivity index (χ0) is 22.7. The van der Waals surface area contributed by atoms with Crippen LogP contribution in [0, 0.1) is 6.92 Å². The van der Waals surface area contributed by atoms with E-state index in [1.165, 1.54) is 0 Å². The van der Waals surface area contributed by atoms with E-state index in [0.717, 1.165) is 28.2 Å². The molecule has 0 fully saturated rings. The summed E-state index contributed by atoms with van der Waals surface area (Å²) in [5.74, 6) is 0. The van der Waals surface area contributed by atoms with Gasteiger partial charge in [-0.25, -0.2) is 9.50 Å². The Labute approximate surface area is 176 Å². The second kappa shape index (κ2) is 9.16. The predicted molar refractivity (Wildman–Crippen MR) is 115 cm³/mol. The molecule has 0 saturated heterocycles. The quantitative estimate of drug-likeness (QED) is 0.583. The molecule has 0 aliphatic carbocycles. The van der Waals surface area contributed by atoms with Crippen molar-refractivity contribution in [1.82, 2.24) is 19.5 Å². The summed E-state index contributed by atoms with van der Waals surface area (Å²) in [7, 11) is 6.00. The molecule has 1 aromatic carbocycles. The third kappa shape index (κ3) is 6.83. The average Bonchev–Trinajstić information content (AvgIpc) is 2.93. The van der Waals surface area contributed by atoms with Crippen molar-refractivity contribution in [2.75, 3.05) is 21.1 Å². The molecule has 0 saturated carbocycles. The first-order valence-electron chi connectivity index (χ1n) is 9.86. The normalized spacial score (nSPS) is 12.2. The number of aromatic nitrogens is 3. The number of rotatable bonds is 3. The molecule has 7 heteroatoms. The van der Waals surface area contributed by atoms with Gasteiger partial charge in [-0.05, 0) is 44.8 Å². The number of alkyl halides is 3. The van der Waals surface area contributed by atoms with Gasteiger partial charge in [0.1, 0.15) is 0 Å². The van der Waals surface area contributed by atoms with Crippen LogP contribution in [0.15, 0.2) is 36.5 Å². The zero-order valence-corrected chi connectivity index (χ0v) is 18.8. The minimum atomic E-state index is -4.19. The second-order valence-corrected chi connectivity index (χ2v) is 9.06. The van der Waals surface area contributed by atoms with Crippen molar-refractivity contribution in [3.05, 3.63) is 64.6 Å². The molecule has 4 nitrogen and oxygen atoms in total. The molecule has 3 rings (SSSR count). The summed E-state index contributed by atoms with van der Waals surface area (Å²) >= 11 is 0. The standard InChI is InChI=1S/C20H22F3N3.C3H9N/c1-13-9-17-24-12-16(18(19(2,3)4)26(17)25-13)10-14-5-7-15(8-6-14)11-20(21,22)23;1-4(2)3/h5-9,12H,10-11H2,1-4H3;1-3H3. The van der Waals surface area contributed by atoms with Gasteiger partial charge in [0.2, 0.25) is 0 Å². The van der Waals surface area contributed by atoms with E-state index in [-0.39, 0.29) is 11.0 Å². The first-order chi connectivity index (χ1) is 13.8. The molecule has 0 bridgehead atoms. The van der Waals surface area contributed by atoms with Crippen LogP contribution in [0.25, 0.3) is 5.65 Å². The summed E-state index contributed by atoms with van der Waals surface area (Å²) in [6, 6.07) is 8.54. The SMILES string of the molecule is CN(C)C.Cc1cc2ncc(Cc3ccc(CC(F)(F)F)cc3)c(C(C)(C)C)n2n1. The molecule has 0 aliphatic rings. The highest BCUT2D eigenvalue weighted by Gasteiger charge is 2.27. The molecule has 0 unspecified atom stereocenters. The second-order valence-electron chi connectivity index (χ2n) is 9.06. The number of aryl methyl sites for hydroxylation is 1. The lowest BCUT2D eigenvalue weighted by molar-refractivity contribution is -0.127. The summed E-state index contributed by atoms with van der Waals surface area (Å²) in [6.07, 6.45) is -2.64. The highest BCUT2D eigenvalue weighted by atomic mass is 19.4. The Morgan fingerprint density at radius 3 is 2.00 bits per heavy atom. The number of benzene rings is 1. The van der Waals surface area contributed by atoms with E-state index in [9.17, 15) is 13.2 Å². The Morgan fingerprint density at radius 1 is 0.967 bits per heavy atom.